The van der Waals surface area contributed by atoms with Gasteiger partial charge in [-0.3, -0.25) is 10.1 Å². The fraction of sp³-hybridized carbons (Fsp3) is 0.250. The zero-order valence-corrected chi connectivity index (χ0v) is 8.69. The molecule has 88 valence electrons. The van der Waals surface area contributed by atoms with Gasteiger partial charge in [0.05, 0.1) is 15.5 Å². The third-order valence-corrected chi connectivity index (χ3v) is 2.52. The van der Waals surface area contributed by atoms with Gasteiger partial charge in [0.2, 0.25) is 0 Å². The molecule has 0 amide bonds. The van der Waals surface area contributed by atoms with Crippen molar-refractivity contribution in [2.24, 2.45) is 0 Å². The Morgan fingerprint density at radius 3 is 2.38 bits per heavy atom. The van der Waals surface area contributed by atoms with Gasteiger partial charge in [-0.2, -0.15) is 13.2 Å². The van der Waals surface area contributed by atoms with E-state index in [4.69, 9.17) is 17.3 Å². The van der Waals surface area contributed by atoms with Crippen LogP contribution in [-0.4, -0.2) is 4.92 Å². The first-order valence-corrected chi connectivity index (χ1v) is 4.34. The highest BCUT2D eigenvalue weighted by Crippen LogP contribution is 2.41. The number of halogens is 4. The lowest BCUT2D eigenvalue weighted by molar-refractivity contribution is -0.384. The van der Waals surface area contributed by atoms with Gasteiger partial charge < -0.3 is 5.73 Å². The topological polar surface area (TPSA) is 69.2 Å². The fourth-order valence-corrected chi connectivity index (χ4v) is 1.41. The number of nitro benzene ring substituents is 1. The van der Waals surface area contributed by atoms with Crippen molar-refractivity contribution in [2.75, 3.05) is 5.73 Å². The van der Waals surface area contributed by atoms with Crippen molar-refractivity contribution >= 4 is 23.0 Å². The summed E-state index contributed by atoms with van der Waals surface area (Å²) in [4.78, 5) is 9.50. The number of hydrogen-bond donors (Lipinski definition) is 1. The van der Waals surface area contributed by atoms with Crippen LogP contribution in [0.25, 0.3) is 0 Å². The van der Waals surface area contributed by atoms with Crippen LogP contribution in [0.5, 0.6) is 0 Å². The minimum Gasteiger partial charge on any atom is -0.393 e. The van der Waals surface area contributed by atoms with E-state index in [-0.39, 0.29) is 11.3 Å². The quantitative estimate of drug-likeness (QED) is 0.475. The minimum atomic E-state index is -4.75. The molecule has 1 rings (SSSR count). The Labute approximate surface area is 93.0 Å². The average molecular weight is 255 g/mol. The van der Waals surface area contributed by atoms with Crippen molar-refractivity contribution in [3.05, 3.63) is 32.3 Å². The van der Waals surface area contributed by atoms with Crippen LogP contribution in [-0.2, 0) is 6.18 Å². The Bertz CT molecular complexity index is 460. The number of nitrogens with zero attached hydrogens (tertiary/aromatic N) is 1. The normalized spacial score (nSPS) is 11.6. The average Bonchev–Trinajstić information content (AvgIpc) is 2.11. The predicted molar refractivity (Wildman–Crippen MR) is 52.3 cm³/mol. The number of benzene rings is 1. The predicted octanol–water partition coefficient (Wildman–Crippen LogP) is 3.16. The van der Waals surface area contributed by atoms with E-state index in [2.05, 4.69) is 0 Å². The van der Waals surface area contributed by atoms with Crippen LogP contribution in [0.4, 0.5) is 24.5 Å². The molecule has 1 aromatic carbocycles. The largest absolute Gasteiger partial charge is 0.418 e. The maximum absolute atomic E-state index is 12.5. The molecule has 0 radical (unpaired) electrons. The Balaban J connectivity index is 3.61. The van der Waals surface area contributed by atoms with Crippen LogP contribution in [0.15, 0.2) is 6.07 Å². The molecule has 16 heavy (non-hydrogen) atoms. The molecule has 0 atom stereocenters. The molecule has 0 saturated carbocycles. The summed E-state index contributed by atoms with van der Waals surface area (Å²) in [6.07, 6.45) is -4.75. The molecular formula is C8H6ClF3N2O2. The maximum atomic E-state index is 12.5. The van der Waals surface area contributed by atoms with Crippen LogP contribution in [0, 0.1) is 17.0 Å². The van der Waals surface area contributed by atoms with E-state index < -0.39 is 27.4 Å². The van der Waals surface area contributed by atoms with Crippen LogP contribution in [0.3, 0.4) is 0 Å². The molecule has 0 spiro atoms. The number of rotatable bonds is 1. The van der Waals surface area contributed by atoms with E-state index >= 15 is 0 Å². The van der Waals surface area contributed by atoms with Crippen LogP contribution in [0.2, 0.25) is 5.02 Å². The van der Waals surface area contributed by atoms with Gasteiger partial charge in [0.1, 0.15) is 5.69 Å². The van der Waals surface area contributed by atoms with Crippen LogP contribution in [0.1, 0.15) is 11.1 Å². The van der Waals surface area contributed by atoms with Crippen molar-refractivity contribution in [3.63, 3.8) is 0 Å². The molecule has 1 aromatic rings. The summed E-state index contributed by atoms with van der Waals surface area (Å²) in [6, 6.07) is 0.338. The zero-order chi connectivity index (χ0) is 12.7. The minimum absolute atomic E-state index is 0.150. The van der Waals surface area contributed by atoms with E-state index in [9.17, 15) is 23.3 Å². The Morgan fingerprint density at radius 2 is 2.00 bits per heavy atom. The van der Waals surface area contributed by atoms with E-state index in [1.807, 2.05) is 0 Å². The van der Waals surface area contributed by atoms with Crippen molar-refractivity contribution in [3.8, 4) is 0 Å². The van der Waals surface area contributed by atoms with E-state index in [0.717, 1.165) is 0 Å². The highest BCUT2D eigenvalue weighted by Gasteiger charge is 2.37. The summed E-state index contributed by atoms with van der Waals surface area (Å²) in [6.45, 7) is 1.19. The van der Waals surface area contributed by atoms with E-state index in [0.29, 0.717) is 6.07 Å². The second-order valence-electron chi connectivity index (χ2n) is 3.05. The van der Waals surface area contributed by atoms with Gasteiger partial charge in [0.25, 0.3) is 5.69 Å². The lowest BCUT2D eigenvalue weighted by Gasteiger charge is -2.12. The molecule has 0 aliphatic carbocycles. The number of nitro groups is 1. The molecule has 2 N–H and O–H groups in total. The van der Waals surface area contributed by atoms with Crippen LogP contribution < -0.4 is 5.73 Å². The van der Waals surface area contributed by atoms with Gasteiger partial charge in [0.15, 0.2) is 0 Å². The Hall–Kier alpha value is -1.50. The molecule has 4 nitrogen and oxygen atoms in total. The molecule has 0 aliphatic rings. The lowest BCUT2D eigenvalue weighted by atomic mass is 10.1. The molecule has 0 fully saturated rings. The number of anilines is 1. The van der Waals surface area contributed by atoms with Gasteiger partial charge in [0, 0.05) is 6.07 Å². The molecule has 0 saturated heterocycles. The zero-order valence-electron chi connectivity index (χ0n) is 7.93. The number of hydrogen-bond acceptors (Lipinski definition) is 3. The molecule has 8 heteroatoms. The van der Waals surface area contributed by atoms with Gasteiger partial charge in [-0.1, -0.05) is 11.6 Å². The van der Waals surface area contributed by atoms with Gasteiger partial charge in [-0.25, -0.2) is 0 Å². The molecular weight excluding hydrogens is 249 g/mol. The smallest absolute Gasteiger partial charge is 0.393 e. The van der Waals surface area contributed by atoms with Gasteiger partial charge >= 0.3 is 6.18 Å². The summed E-state index contributed by atoms with van der Waals surface area (Å²) < 4.78 is 37.4. The van der Waals surface area contributed by atoms with Crippen molar-refractivity contribution in [1.82, 2.24) is 0 Å². The first kappa shape index (κ1) is 12.6. The van der Waals surface area contributed by atoms with Crippen molar-refractivity contribution in [2.45, 2.75) is 13.1 Å². The summed E-state index contributed by atoms with van der Waals surface area (Å²) in [5.74, 6) is 0. The molecule has 0 aliphatic heterocycles. The van der Waals surface area contributed by atoms with Gasteiger partial charge in [-0.05, 0) is 12.5 Å². The third kappa shape index (κ3) is 2.04. The number of nitrogens with two attached hydrogens (primary N) is 1. The molecule has 0 bridgehead atoms. The summed E-state index contributed by atoms with van der Waals surface area (Å²) >= 11 is 5.44. The first-order chi connectivity index (χ1) is 7.16. The SMILES string of the molecule is Cc1c(N)c([N+](=O)[O-])cc(C(F)(F)F)c1Cl. The molecule has 0 aromatic heterocycles. The maximum Gasteiger partial charge on any atom is 0.418 e. The summed E-state index contributed by atoms with van der Waals surface area (Å²) in [5, 5.41) is 9.86. The summed E-state index contributed by atoms with van der Waals surface area (Å²) in [5.41, 5.74) is 2.74. The summed E-state index contributed by atoms with van der Waals surface area (Å²) in [7, 11) is 0. The van der Waals surface area contributed by atoms with E-state index in [1.165, 1.54) is 6.92 Å². The molecule has 0 unspecified atom stereocenters. The standard InChI is InChI=1S/C8H6ClF3N2O2/c1-3-6(9)4(8(10,11)12)2-5(7(3)13)14(15)16/h2H,13H2,1H3. The number of alkyl halides is 3. The van der Waals surface area contributed by atoms with Crippen molar-refractivity contribution in [1.29, 1.82) is 0 Å². The monoisotopic (exact) mass is 254 g/mol. The third-order valence-electron chi connectivity index (χ3n) is 2.03. The number of nitrogen functional groups attached to an aromatic ring is 1. The second kappa shape index (κ2) is 3.82. The highest BCUT2D eigenvalue weighted by molar-refractivity contribution is 6.32. The second-order valence-corrected chi connectivity index (χ2v) is 3.43. The Morgan fingerprint density at radius 1 is 1.50 bits per heavy atom. The van der Waals surface area contributed by atoms with E-state index in [1.54, 1.807) is 0 Å². The van der Waals surface area contributed by atoms with Crippen molar-refractivity contribution < 1.29 is 18.1 Å². The highest BCUT2D eigenvalue weighted by atomic mass is 35.5. The lowest BCUT2D eigenvalue weighted by Crippen LogP contribution is -2.09. The van der Waals surface area contributed by atoms with Gasteiger partial charge in [-0.15, -0.1) is 0 Å². The molecule has 0 heterocycles. The first-order valence-electron chi connectivity index (χ1n) is 3.96. The Kier molecular flexibility index (Phi) is 3.00. The fourth-order valence-electron chi connectivity index (χ4n) is 1.15. The van der Waals surface area contributed by atoms with Crippen LogP contribution >= 0.6 is 11.6 Å².